The third kappa shape index (κ3) is 2.36. The van der Waals surface area contributed by atoms with E-state index in [0.717, 1.165) is 4.47 Å². The van der Waals surface area contributed by atoms with Gasteiger partial charge in [0.25, 0.3) is 0 Å². The van der Waals surface area contributed by atoms with E-state index in [4.69, 9.17) is 5.26 Å². The van der Waals surface area contributed by atoms with Gasteiger partial charge in [-0.25, -0.2) is 0 Å². The van der Waals surface area contributed by atoms with Gasteiger partial charge < -0.3 is 0 Å². The van der Waals surface area contributed by atoms with Crippen molar-refractivity contribution < 1.29 is 0 Å². The standard InChI is InChI=1S/C8H5Br2N3/c1-12-13-8-3-5(9)2-7(10)6(8)4-11/h2-3H,1H3. The Balaban J connectivity index is 3.40. The van der Waals surface area contributed by atoms with E-state index in [1.807, 2.05) is 0 Å². The van der Waals surface area contributed by atoms with Crippen molar-refractivity contribution in [2.45, 2.75) is 0 Å². The van der Waals surface area contributed by atoms with Crippen molar-refractivity contribution >= 4 is 37.5 Å². The van der Waals surface area contributed by atoms with Crippen LogP contribution in [0.15, 0.2) is 31.3 Å². The molecule has 0 spiro atoms. The average molecular weight is 303 g/mol. The molecule has 0 aliphatic heterocycles. The van der Waals surface area contributed by atoms with E-state index < -0.39 is 0 Å². The molecule has 0 N–H and O–H groups in total. The zero-order chi connectivity index (χ0) is 9.84. The van der Waals surface area contributed by atoms with Gasteiger partial charge in [0.2, 0.25) is 0 Å². The fraction of sp³-hybridized carbons (Fsp3) is 0.125. The Morgan fingerprint density at radius 3 is 2.62 bits per heavy atom. The molecule has 0 amide bonds. The summed E-state index contributed by atoms with van der Waals surface area (Å²) in [4.78, 5) is 0. The molecule has 0 radical (unpaired) electrons. The minimum Gasteiger partial charge on any atom is -0.192 e. The van der Waals surface area contributed by atoms with Gasteiger partial charge in [-0.15, -0.1) is 0 Å². The Morgan fingerprint density at radius 2 is 2.08 bits per heavy atom. The quantitative estimate of drug-likeness (QED) is 0.728. The molecular weight excluding hydrogens is 298 g/mol. The molecular formula is C8H5Br2N3. The van der Waals surface area contributed by atoms with Crippen LogP contribution in [-0.4, -0.2) is 7.05 Å². The number of rotatable bonds is 1. The van der Waals surface area contributed by atoms with Gasteiger partial charge in [0, 0.05) is 16.0 Å². The highest BCUT2D eigenvalue weighted by Gasteiger charge is 2.06. The highest BCUT2D eigenvalue weighted by atomic mass is 79.9. The largest absolute Gasteiger partial charge is 0.192 e. The van der Waals surface area contributed by atoms with Gasteiger partial charge in [0.05, 0.1) is 5.56 Å². The van der Waals surface area contributed by atoms with Gasteiger partial charge in [-0.2, -0.15) is 15.5 Å². The Hall–Kier alpha value is -0.730. The van der Waals surface area contributed by atoms with Crippen molar-refractivity contribution in [1.82, 2.24) is 0 Å². The number of nitriles is 1. The van der Waals surface area contributed by atoms with E-state index in [1.54, 1.807) is 19.2 Å². The number of nitrogens with zero attached hydrogens (tertiary/aromatic N) is 3. The third-order valence-corrected chi connectivity index (χ3v) is 2.44. The van der Waals surface area contributed by atoms with Crippen LogP contribution in [0.4, 0.5) is 5.69 Å². The smallest absolute Gasteiger partial charge is 0.105 e. The van der Waals surface area contributed by atoms with Crippen LogP contribution in [-0.2, 0) is 0 Å². The lowest BCUT2D eigenvalue weighted by atomic mass is 10.2. The highest BCUT2D eigenvalue weighted by Crippen LogP contribution is 2.30. The molecule has 0 saturated carbocycles. The predicted octanol–water partition coefficient (Wildman–Crippen LogP) is 3.80. The lowest BCUT2D eigenvalue weighted by Crippen LogP contribution is -1.79. The zero-order valence-corrected chi connectivity index (χ0v) is 9.92. The fourth-order valence-electron chi connectivity index (χ4n) is 0.857. The topological polar surface area (TPSA) is 48.5 Å². The van der Waals surface area contributed by atoms with Gasteiger partial charge >= 0.3 is 0 Å². The van der Waals surface area contributed by atoms with Gasteiger partial charge in [-0.1, -0.05) is 15.9 Å². The first-order valence-electron chi connectivity index (χ1n) is 3.38. The molecule has 66 valence electrons. The van der Waals surface area contributed by atoms with Gasteiger partial charge in [-0.05, 0) is 28.1 Å². The van der Waals surface area contributed by atoms with Gasteiger partial charge in [0.15, 0.2) is 0 Å². The minimum absolute atomic E-state index is 0.494. The van der Waals surface area contributed by atoms with Crippen LogP contribution in [0.3, 0.4) is 0 Å². The van der Waals surface area contributed by atoms with Crippen molar-refractivity contribution in [2.24, 2.45) is 10.2 Å². The Labute approximate surface area is 92.7 Å². The van der Waals surface area contributed by atoms with Crippen LogP contribution < -0.4 is 0 Å². The van der Waals surface area contributed by atoms with Gasteiger partial charge in [0.1, 0.15) is 11.8 Å². The molecule has 0 unspecified atom stereocenters. The van der Waals surface area contributed by atoms with E-state index in [-0.39, 0.29) is 0 Å². The summed E-state index contributed by atoms with van der Waals surface area (Å²) in [6.45, 7) is 0. The first-order chi connectivity index (χ1) is 6.19. The lowest BCUT2D eigenvalue weighted by molar-refractivity contribution is 1.16. The number of hydrogen-bond donors (Lipinski definition) is 0. The molecule has 0 aromatic heterocycles. The van der Waals surface area contributed by atoms with Crippen LogP contribution >= 0.6 is 31.9 Å². The van der Waals surface area contributed by atoms with Crippen molar-refractivity contribution in [3.8, 4) is 6.07 Å². The second kappa shape index (κ2) is 4.49. The maximum absolute atomic E-state index is 8.82. The summed E-state index contributed by atoms with van der Waals surface area (Å²) in [7, 11) is 1.57. The maximum atomic E-state index is 8.82. The molecule has 0 aliphatic carbocycles. The number of azo groups is 1. The molecule has 0 heterocycles. The van der Waals surface area contributed by atoms with Crippen molar-refractivity contribution in [1.29, 1.82) is 5.26 Å². The minimum atomic E-state index is 0.494. The van der Waals surface area contributed by atoms with E-state index in [0.29, 0.717) is 15.7 Å². The summed E-state index contributed by atoms with van der Waals surface area (Å²) in [6.07, 6.45) is 0. The highest BCUT2D eigenvalue weighted by molar-refractivity contribution is 9.11. The monoisotopic (exact) mass is 301 g/mol. The van der Waals surface area contributed by atoms with E-state index in [9.17, 15) is 0 Å². The third-order valence-electron chi connectivity index (χ3n) is 1.35. The number of hydrogen-bond acceptors (Lipinski definition) is 3. The van der Waals surface area contributed by atoms with Gasteiger partial charge in [-0.3, -0.25) is 0 Å². The molecule has 0 atom stereocenters. The summed E-state index contributed by atoms with van der Waals surface area (Å²) < 4.78 is 1.58. The van der Waals surface area contributed by atoms with E-state index >= 15 is 0 Å². The number of benzene rings is 1. The predicted molar refractivity (Wildman–Crippen MR) is 57.0 cm³/mol. The number of halogens is 2. The van der Waals surface area contributed by atoms with Crippen LogP contribution in [0, 0.1) is 11.3 Å². The van der Waals surface area contributed by atoms with E-state index in [2.05, 4.69) is 48.2 Å². The van der Waals surface area contributed by atoms with E-state index in [1.165, 1.54) is 0 Å². The summed E-state index contributed by atoms with van der Waals surface area (Å²) in [5.41, 5.74) is 1.06. The molecule has 0 bridgehead atoms. The molecule has 0 fully saturated rings. The first kappa shape index (κ1) is 10.4. The Morgan fingerprint density at radius 1 is 1.38 bits per heavy atom. The van der Waals surface area contributed by atoms with Crippen LogP contribution in [0.5, 0.6) is 0 Å². The van der Waals surface area contributed by atoms with Crippen LogP contribution in [0.25, 0.3) is 0 Å². The Kier molecular flexibility index (Phi) is 3.58. The SMILES string of the molecule is CN=Nc1cc(Br)cc(Br)c1C#N. The molecule has 5 heteroatoms. The summed E-state index contributed by atoms with van der Waals surface area (Å²) in [5, 5.41) is 16.3. The summed E-state index contributed by atoms with van der Waals surface area (Å²) in [6, 6.07) is 5.60. The first-order valence-corrected chi connectivity index (χ1v) is 4.96. The molecule has 1 aromatic carbocycles. The van der Waals surface area contributed by atoms with Crippen molar-refractivity contribution in [3.05, 3.63) is 26.6 Å². The molecule has 1 rings (SSSR count). The average Bonchev–Trinajstić information content (AvgIpc) is 2.04. The summed E-state index contributed by atoms with van der Waals surface area (Å²) in [5.74, 6) is 0. The van der Waals surface area contributed by atoms with Crippen molar-refractivity contribution in [3.63, 3.8) is 0 Å². The van der Waals surface area contributed by atoms with Crippen LogP contribution in [0.1, 0.15) is 5.56 Å². The van der Waals surface area contributed by atoms with Crippen molar-refractivity contribution in [2.75, 3.05) is 7.05 Å². The molecule has 0 aliphatic rings. The maximum Gasteiger partial charge on any atom is 0.105 e. The molecule has 3 nitrogen and oxygen atoms in total. The molecule has 13 heavy (non-hydrogen) atoms. The lowest BCUT2D eigenvalue weighted by Gasteiger charge is -1.99. The normalized spacial score (nSPS) is 10.3. The zero-order valence-electron chi connectivity index (χ0n) is 6.75. The van der Waals surface area contributed by atoms with Crippen LogP contribution in [0.2, 0.25) is 0 Å². The second-order valence-corrected chi connectivity index (χ2v) is 3.96. The molecule has 0 saturated heterocycles. The fourth-order valence-corrected chi connectivity index (χ4v) is 2.15. The summed E-state index contributed by atoms with van der Waals surface area (Å²) >= 11 is 6.58. The molecule has 1 aromatic rings. The second-order valence-electron chi connectivity index (χ2n) is 2.19. The Bertz CT molecular complexity index is 393.